The van der Waals surface area contributed by atoms with Gasteiger partial charge in [0.15, 0.2) is 0 Å². The van der Waals surface area contributed by atoms with Gasteiger partial charge in [-0.15, -0.1) is 0 Å². The lowest BCUT2D eigenvalue weighted by Crippen LogP contribution is -2.38. The van der Waals surface area contributed by atoms with Gasteiger partial charge >= 0.3 is 0 Å². The first-order valence-electron chi connectivity index (χ1n) is 6.15. The molecule has 0 aromatic carbocycles. The molecule has 5 nitrogen and oxygen atoms in total. The smallest absolute Gasteiger partial charge is 0.236 e. The highest BCUT2D eigenvalue weighted by molar-refractivity contribution is 5.78. The average molecular weight is 249 g/mol. The lowest BCUT2D eigenvalue weighted by Gasteiger charge is -2.20. The maximum atomic E-state index is 12.0. The number of hydrogen-bond donors (Lipinski definition) is 1. The third-order valence-electron chi connectivity index (χ3n) is 2.48. The third kappa shape index (κ3) is 5.02. The van der Waals surface area contributed by atoms with Crippen LogP contribution in [0.5, 0.6) is 0 Å². The van der Waals surface area contributed by atoms with Gasteiger partial charge in [-0.2, -0.15) is 5.26 Å². The molecule has 1 aromatic heterocycles. The zero-order valence-corrected chi connectivity index (χ0v) is 10.7. The summed E-state index contributed by atoms with van der Waals surface area (Å²) in [5, 5.41) is 11.7. The van der Waals surface area contributed by atoms with Crippen molar-refractivity contribution < 1.29 is 9.21 Å². The highest BCUT2D eigenvalue weighted by Gasteiger charge is 2.14. The van der Waals surface area contributed by atoms with Crippen LogP contribution in [0.3, 0.4) is 0 Å². The Morgan fingerprint density at radius 2 is 2.44 bits per heavy atom. The molecule has 1 rings (SSSR count). The Balaban J connectivity index is 2.48. The predicted octanol–water partition coefficient (Wildman–Crippen LogP) is 1.52. The first-order chi connectivity index (χ1) is 8.77. The lowest BCUT2D eigenvalue weighted by atomic mass is 10.3. The summed E-state index contributed by atoms with van der Waals surface area (Å²) in [6.07, 6.45) is 2.90. The van der Waals surface area contributed by atoms with Crippen LogP contribution in [0.15, 0.2) is 22.8 Å². The van der Waals surface area contributed by atoms with Gasteiger partial charge in [0, 0.05) is 6.54 Å². The molecular formula is C13H19N3O2. The van der Waals surface area contributed by atoms with Gasteiger partial charge in [0.05, 0.1) is 31.8 Å². The number of carbonyl (C=O) groups excluding carboxylic acids is 1. The van der Waals surface area contributed by atoms with E-state index in [1.165, 1.54) is 0 Å². The van der Waals surface area contributed by atoms with Crippen LogP contribution in [0, 0.1) is 11.3 Å². The molecule has 0 aliphatic rings. The molecule has 0 fully saturated rings. The van der Waals surface area contributed by atoms with Gasteiger partial charge in [-0.05, 0) is 25.1 Å². The van der Waals surface area contributed by atoms with Crippen LogP contribution in [0.25, 0.3) is 0 Å². The predicted molar refractivity (Wildman–Crippen MR) is 67.5 cm³/mol. The number of nitriles is 1. The fourth-order valence-corrected chi connectivity index (χ4v) is 1.55. The van der Waals surface area contributed by atoms with E-state index in [1.54, 1.807) is 17.2 Å². The summed E-state index contributed by atoms with van der Waals surface area (Å²) >= 11 is 0. The summed E-state index contributed by atoms with van der Waals surface area (Å²) in [4.78, 5) is 13.6. The molecule has 1 amide bonds. The summed E-state index contributed by atoms with van der Waals surface area (Å²) in [6, 6.07) is 5.67. The van der Waals surface area contributed by atoms with E-state index in [0.29, 0.717) is 26.1 Å². The van der Waals surface area contributed by atoms with Gasteiger partial charge in [0.25, 0.3) is 0 Å². The third-order valence-corrected chi connectivity index (χ3v) is 2.48. The maximum Gasteiger partial charge on any atom is 0.236 e. The van der Waals surface area contributed by atoms with E-state index in [1.807, 2.05) is 13.0 Å². The van der Waals surface area contributed by atoms with Crippen molar-refractivity contribution in [1.29, 1.82) is 5.26 Å². The highest BCUT2D eigenvalue weighted by atomic mass is 16.3. The minimum atomic E-state index is -0.00454. The molecular weight excluding hydrogens is 230 g/mol. The molecule has 18 heavy (non-hydrogen) atoms. The number of nitrogens with zero attached hydrogens (tertiary/aromatic N) is 2. The minimum absolute atomic E-state index is 0.00454. The molecule has 98 valence electrons. The van der Waals surface area contributed by atoms with Gasteiger partial charge in [0.2, 0.25) is 5.91 Å². The van der Waals surface area contributed by atoms with Crippen molar-refractivity contribution >= 4 is 5.91 Å². The van der Waals surface area contributed by atoms with Crippen LogP contribution in [-0.2, 0) is 11.3 Å². The van der Waals surface area contributed by atoms with E-state index in [0.717, 1.165) is 18.7 Å². The number of hydrogen-bond acceptors (Lipinski definition) is 4. The summed E-state index contributed by atoms with van der Waals surface area (Å²) in [6.45, 7) is 4.03. The molecule has 1 heterocycles. The van der Waals surface area contributed by atoms with Crippen molar-refractivity contribution in [1.82, 2.24) is 10.2 Å². The van der Waals surface area contributed by atoms with Crippen molar-refractivity contribution in [2.45, 2.75) is 26.3 Å². The molecule has 5 heteroatoms. The molecule has 0 aliphatic heterocycles. The largest absolute Gasteiger partial charge is 0.467 e. The fourth-order valence-electron chi connectivity index (χ4n) is 1.55. The normalized spacial score (nSPS) is 10.0. The van der Waals surface area contributed by atoms with Crippen LogP contribution in [0.1, 0.15) is 25.5 Å². The summed E-state index contributed by atoms with van der Waals surface area (Å²) < 4.78 is 5.22. The Kier molecular flexibility index (Phi) is 6.59. The zero-order chi connectivity index (χ0) is 13.2. The van der Waals surface area contributed by atoms with Gasteiger partial charge in [-0.25, -0.2) is 0 Å². The molecule has 1 N–H and O–H groups in total. The highest BCUT2D eigenvalue weighted by Crippen LogP contribution is 2.06. The Morgan fingerprint density at radius 1 is 1.61 bits per heavy atom. The van der Waals surface area contributed by atoms with Crippen molar-refractivity contribution in [3.8, 4) is 6.07 Å². The molecule has 0 radical (unpaired) electrons. The average Bonchev–Trinajstić information content (AvgIpc) is 2.87. The van der Waals surface area contributed by atoms with Gasteiger partial charge in [-0.3, -0.25) is 4.79 Å². The second-order valence-corrected chi connectivity index (χ2v) is 3.98. The van der Waals surface area contributed by atoms with E-state index >= 15 is 0 Å². The monoisotopic (exact) mass is 249 g/mol. The number of rotatable bonds is 8. The Morgan fingerprint density at radius 3 is 3.06 bits per heavy atom. The van der Waals surface area contributed by atoms with E-state index < -0.39 is 0 Å². The van der Waals surface area contributed by atoms with Crippen LogP contribution in [0.2, 0.25) is 0 Å². The van der Waals surface area contributed by atoms with Crippen LogP contribution in [0.4, 0.5) is 0 Å². The SMILES string of the molecule is CCCNCC(=O)N(CCC#N)Cc1ccco1. The van der Waals surface area contributed by atoms with E-state index in [4.69, 9.17) is 9.68 Å². The Hall–Kier alpha value is -1.80. The summed E-state index contributed by atoms with van der Waals surface area (Å²) in [5.74, 6) is 0.729. The van der Waals surface area contributed by atoms with Crippen molar-refractivity contribution in [2.75, 3.05) is 19.6 Å². The standard InChI is InChI=1S/C13H19N3O2/c1-2-7-15-10-13(17)16(8-4-6-14)11-12-5-3-9-18-12/h3,5,9,15H,2,4,7-8,10-11H2,1H3. The van der Waals surface area contributed by atoms with Crippen LogP contribution in [-0.4, -0.2) is 30.4 Å². The lowest BCUT2D eigenvalue weighted by molar-refractivity contribution is -0.131. The van der Waals surface area contributed by atoms with Gasteiger partial charge in [-0.1, -0.05) is 6.92 Å². The Bertz CT molecular complexity index is 381. The molecule has 1 aromatic rings. The Labute approximate surface area is 107 Å². The van der Waals surface area contributed by atoms with Crippen molar-refractivity contribution in [3.05, 3.63) is 24.2 Å². The number of furan rings is 1. The van der Waals surface area contributed by atoms with E-state index in [9.17, 15) is 4.79 Å². The quantitative estimate of drug-likeness (QED) is 0.709. The fraction of sp³-hybridized carbons (Fsp3) is 0.538. The summed E-state index contributed by atoms with van der Waals surface area (Å²) in [7, 11) is 0. The van der Waals surface area contributed by atoms with Gasteiger partial charge in [0.1, 0.15) is 5.76 Å². The summed E-state index contributed by atoms with van der Waals surface area (Å²) in [5.41, 5.74) is 0. The number of carbonyl (C=O) groups is 1. The molecule has 0 aliphatic carbocycles. The van der Waals surface area contributed by atoms with Crippen LogP contribution >= 0.6 is 0 Å². The van der Waals surface area contributed by atoms with Crippen molar-refractivity contribution in [2.24, 2.45) is 0 Å². The molecule has 0 saturated heterocycles. The van der Waals surface area contributed by atoms with Crippen LogP contribution < -0.4 is 5.32 Å². The number of amides is 1. The zero-order valence-electron chi connectivity index (χ0n) is 10.7. The molecule has 0 spiro atoms. The van der Waals surface area contributed by atoms with Gasteiger partial charge < -0.3 is 14.6 Å². The van der Waals surface area contributed by atoms with E-state index in [-0.39, 0.29) is 5.91 Å². The first-order valence-corrected chi connectivity index (χ1v) is 6.15. The molecule has 0 atom stereocenters. The molecule has 0 unspecified atom stereocenters. The maximum absolute atomic E-state index is 12.0. The first kappa shape index (κ1) is 14.3. The minimum Gasteiger partial charge on any atom is -0.467 e. The second-order valence-electron chi connectivity index (χ2n) is 3.98. The van der Waals surface area contributed by atoms with E-state index in [2.05, 4.69) is 11.4 Å². The number of nitrogens with one attached hydrogen (secondary N) is 1. The second kappa shape index (κ2) is 8.31. The molecule has 0 saturated carbocycles. The topological polar surface area (TPSA) is 69.3 Å². The molecule has 0 bridgehead atoms. The van der Waals surface area contributed by atoms with Crippen molar-refractivity contribution in [3.63, 3.8) is 0 Å².